The van der Waals surface area contributed by atoms with Gasteiger partial charge in [0.05, 0.1) is 12.8 Å². The lowest BCUT2D eigenvalue weighted by Gasteiger charge is -2.20. The van der Waals surface area contributed by atoms with Crippen LogP contribution in [0.2, 0.25) is 0 Å². The summed E-state index contributed by atoms with van der Waals surface area (Å²) in [6.45, 7) is 1.38. The van der Waals surface area contributed by atoms with Crippen LogP contribution >= 0.6 is 11.5 Å². The summed E-state index contributed by atoms with van der Waals surface area (Å²) in [5, 5.41) is 3.62. The molecule has 0 aliphatic heterocycles. The third-order valence-corrected chi connectivity index (χ3v) is 5.57. The Morgan fingerprint density at radius 3 is 2.75 bits per heavy atom. The van der Waals surface area contributed by atoms with E-state index in [9.17, 15) is 9.18 Å². The molecule has 7 nitrogen and oxygen atoms in total. The second-order valence-corrected chi connectivity index (χ2v) is 7.92. The smallest absolute Gasteiger partial charge is 0.222 e. The molecule has 0 radical (unpaired) electrons. The lowest BCUT2D eigenvalue weighted by atomic mass is 10.1. The average molecular weight is 452 g/mol. The molecule has 0 unspecified atom stereocenters. The summed E-state index contributed by atoms with van der Waals surface area (Å²) >= 11 is 1.27. The normalized spacial score (nSPS) is 10.8. The monoisotopic (exact) mass is 451 g/mol. The Balaban J connectivity index is 1.38. The van der Waals surface area contributed by atoms with Crippen molar-refractivity contribution >= 4 is 22.6 Å². The molecular formula is C23H22FN5O2S. The minimum atomic E-state index is -0.271. The maximum atomic E-state index is 13.1. The van der Waals surface area contributed by atoms with E-state index in [-0.39, 0.29) is 11.7 Å². The largest absolute Gasteiger partial charge is 0.467 e. The molecule has 3 heterocycles. The molecule has 0 saturated heterocycles. The van der Waals surface area contributed by atoms with Crippen molar-refractivity contribution in [3.8, 4) is 0 Å². The number of rotatable bonds is 10. The van der Waals surface area contributed by atoms with Gasteiger partial charge in [0, 0.05) is 49.9 Å². The van der Waals surface area contributed by atoms with Crippen molar-refractivity contribution in [2.24, 2.45) is 0 Å². The molecule has 0 spiro atoms. The number of carbonyl (C=O) groups excluding carboxylic acids is 1. The van der Waals surface area contributed by atoms with Gasteiger partial charge in [0.1, 0.15) is 17.4 Å². The Hall–Kier alpha value is -3.59. The van der Waals surface area contributed by atoms with Crippen molar-refractivity contribution in [2.75, 3.05) is 11.4 Å². The summed E-state index contributed by atoms with van der Waals surface area (Å²) in [6, 6.07) is 13.8. The first kappa shape index (κ1) is 21.6. The zero-order valence-electron chi connectivity index (χ0n) is 17.3. The van der Waals surface area contributed by atoms with Gasteiger partial charge in [0.2, 0.25) is 11.0 Å². The van der Waals surface area contributed by atoms with E-state index in [1.165, 1.54) is 23.7 Å². The van der Waals surface area contributed by atoms with Crippen LogP contribution < -0.4 is 10.2 Å². The van der Waals surface area contributed by atoms with E-state index < -0.39 is 0 Å². The van der Waals surface area contributed by atoms with Crippen molar-refractivity contribution in [1.82, 2.24) is 19.7 Å². The molecule has 0 aliphatic carbocycles. The van der Waals surface area contributed by atoms with E-state index in [4.69, 9.17) is 4.42 Å². The van der Waals surface area contributed by atoms with Gasteiger partial charge in [-0.2, -0.15) is 4.37 Å². The molecule has 32 heavy (non-hydrogen) atoms. The van der Waals surface area contributed by atoms with Crippen LogP contribution in [0.25, 0.3) is 0 Å². The van der Waals surface area contributed by atoms with E-state index in [0.29, 0.717) is 43.4 Å². The van der Waals surface area contributed by atoms with E-state index in [0.717, 1.165) is 16.9 Å². The molecule has 0 atom stereocenters. The van der Waals surface area contributed by atoms with Crippen molar-refractivity contribution in [3.05, 3.63) is 95.7 Å². The van der Waals surface area contributed by atoms with Crippen LogP contribution in [-0.2, 0) is 24.3 Å². The highest BCUT2D eigenvalue weighted by Gasteiger charge is 2.16. The highest BCUT2D eigenvalue weighted by Crippen LogP contribution is 2.22. The second-order valence-electron chi connectivity index (χ2n) is 7.19. The molecule has 4 aromatic rings. The van der Waals surface area contributed by atoms with Crippen LogP contribution in [0, 0.1) is 5.82 Å². The number of anilines is 1. The molecule has 0 saturated carbocycles. The van der Waals surface area contributed by atoms with Gasteiger partial charge < -0.3 is 14.6 Å². The number of benzene rings is 1. The van der Waals surface area contributed by atoms with Crippen molar-refractivity contribution in [3.63, 3.8) is 0 Å². The van der Waals surface area contributed by atoms with Gasteiger partial charge in [-0.05, 0) is 41.5 Å². The molecule has 1 aromatic carbocycles. The number of furan rings is 1. The lowest BCUT2D eigenvalue weighted by Crippen LogP contribution is -2.30. The van der Waals surface area contributed by atoms with Gasteiger partial charge in [-0.15, -0.1) is 0 Å². The van der Waals surface area contributed by atoms with Crippen molar-refractivity contribution in [1.29, 1.82) is 0 Å². The Morgan fingerprint density at radius 1 is 1.12 bits per heavy atom. The van der Waals surface area contributed by atoms with Gasteiger partial charge in [0.25, 0.3) is 0 Å². The van der Waals surface area contributed by atoms with Crippen LogP contribution in [0.4, 0.5) is 9.52 Å². The highest BCUT2D eigenvalue weighted by atomic mass is 32.1. The third-order valence-electron chi connectivity index (χ3n) is 4.75. The molecule has 4 rings (SSSR count). The van der Waals surface area contributed by atoms with Crippen LogP contribution in [0.3, 0.4) is 0 Å². The SMILES string of the molecule is O=C(CCN(Cc1ccco1)c1nc(Cc2ccc(F)cc2)ns1)NCc1cccnc1. The van der Waals surface area contributed by atoms with Gasteiger partial charge in [-0.25, -0.2) is 9.37 Å². The Kier molecular flexibility index (Phi) is 7.19. The maximum absolute atomic E-state index is 13.1. The first-order valence-corrected chi connectivity index (χ1v) is 10.9. The summed E-state index contributed by atoms with van der Waals surface area (Å²) in [5.74, 6) is 1.10. The molecule has 1 N–H and O–H groups in total. The summed E-state index contributed by atoms with van der Waals surface area (Å²) in [4.78, 5) is 23.1. The zero-order chi connectivity index (χ0) is 22.2. The fraction of sp³-hybridized carbons (Fsp3) is 0.217. The first-order chi connectivity index (χ1) is 15.7. The molecule has 3 aromatic heterocycles. The van der Waals surface area contributed by atoms with Crippen LogP contribution in [0.1, 0.15) is 29.1 Å². The van der Waals surface area contributed by atoms with Crippen LogP contribution in [0.5, 0.6) is 0 Å². The summed E-state index contributed by atoms with van der Waals surface area (Å²) < 4.78 is 23.1. The number of nitrogens with zero attached hydrogens (tertiary/aromatic N) is 4. The Morgan fingerprint density at radius 2 is 2.00 bits per heavy atom. The molecule has 0 aliphatic rings. The van der Waals surface area contributed by atoms with Gasteiger partial charge >= 0.3 is 0 Å². The minimum Gasteiger partial charge on any atom is -0.467 e. The first-order valence-electron chi connectivity index (χ1n) is 10.2. The number of halogens is 1. The van der Waals surface area contributed by atoms with Crippen molar-refractivity contribution in [2.45, 2.75) is 25.9 Å². The highest BCUT2D eigenvalue weighted by molar-refractivity contribution is 7.09. The van der Waals surface area contributed by atoms with Gasteiger partial charge in [-0.3, -0.25) is 9.78 Å². The van der Waals surface area contributed by atoms with Crippen LogP contribution in [0.15, 0.2) is 71.6 Å². The van der Waals surface area contributed by atoms with E-state index in [2.05, 4.69) is 19.7 Å². The number of aromatic nitrogens is 3. The standard InChI is InChI=1S/C23H22FN5O2S/c24-19-7-5-17(6-8-19)13-21-27-23(32-28-21)29(16-20-4-2-12-31-20)11-9-22(30)26-15-18-3-1-10-25-14-18/h1-8,10,12,14H,9,11,13,15-16H2,(H,26,30). The fourth-order valence-corrected chi connectivity index (χ4v) is 3.80. The number of pyridine rings is 1. The minimum absolute atomic E-state index is 0.0608. The summed E-state index contributed by atoms with van der Waals surface area (Å²) in [7, 11) is 0. The van der Waals surface area contributed by atoms with Gasteiger partial charge in [-0.1, -0.05) is 18.2 Å². The number of hydrogen-bond acceptors (Lipinski definition) is 7. The van der Waals surface area contributed by atoms with Gasteiger partial charge in [0.15, 0.2) is 0 Å². The maximum Gasteiger partial charge on any atom is 0.222 e. The molecule has 0 fully saturated rings. The molecular weight excluding hydrogens is 429 g/mol. The average Bonchev–Trinajstić information content (AvgIpc) is 3.50. The Labute approximate surface area is 189 Å². The van der Waals surface area contributed by atoms with Crippen LogP contribution in [-0.4, -0.2) is 26.8 Å². The molecule has 0 bridgehead atoms. The Bertz CT molecular complexity index is 1120. The summed E-state index contributed by atoms with van der Waals surface area (Å²) in [6.07, 6.45) is 5.86. The van der Waals surface area contributed by atoms with E-state index in [1.807, 2.05) is 29.2 Å². The van der Waals surface area contributed by atoms with E-state index in [1.54, 1.807) is 30.8 Å². The lowest BCUT2D eigenvalue weighted by molar-refractivity contribution is -0.121. The van der Waals surface area contributed by atoms with Crippen molar-refractivity contribution < 1.29 is 13.6 Å². The quantitative estimate of drug-likeness (QED) is 0.393. The molecule has 9 heteroatoms. The van der Waals surface area contributed by atoms with E-state index >= 15 is 0 Å². The predicted molar refractivity (Wildman–Crippen MR) is 120 cm³/mol. The zero-order valence-corrected chi connectivity index (χ0v) is 18.1. The number of hydrogen-bond donors (Lipinski definition) is 1. The fourth-order valence-electron chi connectivity index (χ4n) is 3.09. The second kappa shape index (κ2) is 10.6. The number of carbonyl (C=O) groups is 1. The third kappa shape index (κ3) is 6.21. The summed E-state index contributed by atoms with van der Waals surface area (Å²) in [5.41, 5.74) is 1.88. The topological polar surface area (TPSA) is 84.2 Å². The number of nitrogens with one attached hydrogen (secondary N) is 1. The number of amides is 1. The predicted octanol–water partition coefficient (Wildman–Crippen LogP) is 3.97. The molecule has 1 amide bonds. The molecule has 164 valence electrons.